The Bertz CT molecular complexity index is 301. The van der Waals surface area contributed by atoms with Gasteiger partial charge in [0.1, 0.15) is 5.75 Å². The Hall–Kier alpha value is -1.28. The van der Waals surface area contributed by atoms with Gasteiger partial charge in [-0.3, -0.25) is 0 Å². The summed E-state index contributed by atoms with van der Waals surface area (Å²) < 4.78 is 10.5. The molecule has 0 amide bonds. The highest BCUT2D eigenvalue weighted by molar-refractivity contribution is 5.50. The Morgan fingerprint density at radius 1 is 1.19 bits per heavy atom. The summed E-state index contributed by atoms with van der Waals surface area (Å²) in [7, 11) is 1.67. The highest BCUT2D eigenvalue weighted by Crippen LogP contribution is 2.12. The van der Waals surface area contributed by atoms with Crippen molar-refractivity contribution in [1.29, 1.82) is 0 Å². The number of hydrogen-bond donors (Lipinski definition) is 0. The average molecular weight is 220 g/mol. The zero-order chi connectivity index (χ0) is 11.6. The van der Waals surface area contributed by atoms with Crippen LogP contribution in [0.2, 0.25) is 0 Å². The molecule has 1 rings (SSSR count). The molecule has 0 aliphatic heterocycles. The predicted octanol–water partition coefficient (Wildman–Crippen LogP) is 3.53. The van der Waals surface area contributed by atoms with Crippen LogP contribution < -0.4 is 4.74 Å². The monoisotopic (exact) mass is 220 g/mol. The van der Waals surface area contributed by atoms with Gasteiger partial charge in [0, 0.05) is 6.61 Å². The van der Waals surface area contributed by atoms with E-state index in [0.29, 0.717) is 6.61 Å². The first kappa shape index (κ1) is 12.8. The van der Waals surface area contributed by atoms with Crippen molar-refractivity contribution in [3.63, 3.8) is 0 Å². The molecule has 1 aromatic rings. The molecule has 0 aliphatic rings. The number of benzene rings is 1. The summed E-state index contributed by atoms with van der Waals surface area (Å²) in [6, 6.07) is 7.97. The molecule has 88 valence electrons. The van der Waals surface area contributed by atoms with E-state index in [-0.39, 0.29) is 0 Å². The summed E-state index contributed by atoms with van der Waals surface area (Å²) in [4.78, 5) is 0. The molecule has 0 bridgehead atoms. The van der Waals surface area contributed by atoms with E-state index >= 15 is 0 Å². The van der Waals surface area contributed by atoms with Gasteiger partial charge in [0.25, 0.3) is 0 Å². The minimum absolute atomic E-state index is 0.687. The molecule has 0 N–H and O–H groups in total. The van der Waals surface area contributed by atoms with Crippen LogP contribution in [-0.4, -0.2) is 20.3 Å². The summed E-state index contributed by atoms with van der Waals surface area (Å²) >= 11 is 0. The molecule has 0 heterocycles. The zero-order valence-corrected chi connectivity index (χ0v) is 10.1. The highest BCUT2D eigenvalue weighted by Gasteiger charge is 1.89. The van der Waals surface area contributed by atoms with Crippen LogP contribution in [0.5, 0.6) is 5.75 Å². The average Bonchev–Trinajstić information content (AvgIpc) is 2.34. The van der Waals surface area contributed by atoms with Gasteiger partial charge >= 0.3 is 0 Å². The molecule has 0 aliphatic carbocycles. The van der Waals surface area contributed by atoms with Gasteiger partial charge in [-0.15, -0.1) is 0 Å². The molecule has 16 heavy (non-hydrogen) atoms. The van der Waals surface area contributed by atoms with Crippen LogP contribution in [-0.2, 0) is 4.74 Å². The number of methoxy groups -OCH3 is 1. The van der Waals surface area contributed by atoms with Crippen LogP contribution in [0, 0.1) is 0 Å². The van der Waals surface area contributed by atoms with Crippen molar-refractivity contribution in [2.24, 2.45) is 0 Å². The van der Waals surface area contributed by atoms with Crippen molar-refractivity contribution >= 4 is 6.08 Å². The summed E-state index contributed by atoms with van der Waals surface area (Å²) in [5.41, 5.74) is 1.17. The number of unbranched alkanes of at least 4 members (excludes halogenated alkanes) is 1. The first-order chi connectivity index (χ1) is 7.86. The Morgan fingerprint density at radius 2 is 1.94 bits per heavy atom. The molecule has 0 fully saturated rings. The topological polar surface area (TPSA) is 18.5 Å². The van der Waals surface area contributed by atoms with Gasteiger partial charge in [0.2, 0.25) is 0 Å². The van der Waals surface area contributed by atoms with E-state index in [1.807, 2.05) is 30.3 Å². The second-order valence-electron chi connectivity index (χ2n) is 3.60. The van der Waals surface area contributed by atoms with Gasteiger partial charge in [-0.2, -0.15) is 0 Å². The largest absolute Gasteiger partial charge is 0.497 e. The minimum atomic E-state index is 0.687. The molecule has 0 saturated carbocycles. The first-order valence-electron chi connectivity index (χ1n) is 5.75. The zero-order valence-electron chi connectivity index (χ0n) is 10.1. The van der Waals surface area contributed by atoms with E-state index in [2.05, 4.69) is 13.0 Å². The van der Waals surface area contributed by atoms with Gasteiger partial charge < -0.3 is 9.47 Å². The van der Waals surface area contributed by atoms with E-state index in [1.54, 1.807) is 7.11 Å². The van der Waals surface area contributed by atoms with Gasteiger partial charge in [-0.05, 0) is 24.1 Å². The summed E-state index contributed by atoms with van der Waals surface area (Å²) in [5.74, 6) is 0.886. The van der Waals surface area contributed by atoms with Crippen LogP contribution in [0.4, 0.5) is 0 Å². The van der Waals surface area contributed by atoms with Crippen LogP contribution in [0.15, 0.2) is 30.3 Å². The lowest BCUT2D eigenvalue weighted by atomic mass is 10.2. The summed E-state index contributed by atoms with van der Waals surface area (Å²) in [6.45, 7) is 3.70. The van der Waals surface area contributed by atoms with Crippen molar-refractivity contribution in [2.75, 3.05) is 20.3 Å². The molecular formula is C14H20O2. The van der Waals surface area contributed by atoms with E-state index < -0.39 is 0 Å². The van der Waals surface area contributed by atoms with Gasteiger partial charge in [-0.25, -0.2) is 0 Å². The lowest BCUT2D eigenvalue weighted by Gasteiger charge is -2.00. The maximum atomic E-state index is 5.43. The van der Waals surface area contributed by atoms with Crippen molar-refractivity contribution < 1.29 is 9.47 Å². The molecule has 0 atom stereocenters. The first-order valence-corrected chi connectivity index (χ1v) is 5.75. The lowest BCUT2D eigenvalue weighted by Crippen LogP contribution is -1.92. The second kappa shape index (κ2) is 7.94. The summed E-state index contributed by atoms with van der Waals surface area (Å²) in [6.07, 6.45) is 6.42. The quantitative estimate of drug-likeness (QED) is 0.654. The molecule has 0 unspecified atom stereocenters. The van der Waals surface area contributed by atoms with Crippen molar-refractivity contribution in [1.82, 2.24) is 0 Å². The maximum Gasteiger partial charge on any atom is 0.118 e. The van der Waals surface area contributed by atoms with Crippen LogP contribution in [0.3, 0.4) is 0 Å². The fourth-order valence-corrected chi connectivity index (χ4v) is 1.30. The van der Waals surface area contributed by atoms with Gasteiger partial charge in [0.15, 0.2) is 0 Å². The smallest absolute Gasteiger partial charge is 0.118 e. The van der Waals surface area contributed by atoms with Crippen molar-refractivity contribution in [3.05, 3.63) is 35.9 Å². The normalized spacial score (nSPS) is 10.9. The fourth-order valence-electron chi connectivity index (χ4n) is 1.30. The Balaban J connectivity index is 2.27. The van der Waals surface area contributed by atoms with Crippen molar-refractivity contribution in [2.45, 2.75) is 19.8 Å². The van der Waals surface area contributed by atoms with Crippen LogP contribution >= 0.6 is 0 Å². The predicted molar refractivity (Wildman–Crippen MR) is 67.8 cm³/mol. The third-order valence-electron chi connectivity index (χ3n) is 2.28. The van der Waals surface area contributed by atoms with Crippen LogP contribution in [0.25, 0.3) is 6.08 Å². The summed E-state index contributed by atoms with van der Waals surface area (Å²) in [5, 5.41) is 0. The second-order valence-corrected chi connectivity index (χ2v) is 3.60. The number of rotatable bonds is 7. The third kappa shape index (κ3) is 4.99. The fraction of sp³-hybridized carbons (Fsp3) is 0.429. The molecular weight excluding hydrogens is 200 g/mol. The van der Waals surface area contributed by atoms with E-state index in [1.165, 1.54) is 12.0 Å². The Labute approximate surface area is 97.9 Å². The number of hydrogen-bond acceptors (Lipinski definition) is 2. The minimum Gasteiger partial charge on any atom is -0.497 e. The SMILES string of the molecule is CCCCOC/C=C/c1ccc(OC)cc1. The molecule has 0 saturated heterocycles. The maximum absolute atomic E-state index is 5.43. The molecule has 0 spiro atoms. The third-order valence-corrected chi connectivity index (χ3v) is 2.28. The van der Waals surface area contributed by atoms with Gasteiger partial charge in [-0.1, -0.05) is 37.6 Å². The van der Waals surface area contributed by atoms with E-state index in [9.17, 15) is 0 Å². The standard InChI is InChI=1S/C14H20O2/c1-3-4-11-16-12-5-6-13-7-9-14(15-2)10-8-13/h5-10H,3-4,11-12H2,1-2H3/b6-5+. The van der Waals surface area contributed by atoms with E-state index in [0.717, 1.165) is 18.8 Å². The van der Waals surface area contributed by atoms with E-state index in [4.69, 9.17) is 9.47 Å². The molecule has 1 aromatic carbocycles. The number of ether oxygens (including phenoxy) is 2. The highest BCUT2D eigenvalue weighted by atomic mass is 16.5. The van der Waals surface area contributed by atoms with Gasteiger partial charge in [0.05, 0.1) is 13.7 Å². The molecule has 0 aromatic heterocycles. The Kier molecular flexibility index (Phi) is 6.35. The Morgan fingerprint density at radius 3 is 2.56 bits per heavy atom. The molecule has 2 nitrogen and oxygen atoms in total. The molecule has 2 heteroatoms. The lowest BCUT2D eigenvalue weighted by molar-refractivity contribution is 0.159. The van der Waals surface area contributed by atoms with Crippen molar-refractivity contribution in [3.8, 4) is 5.75 Å². The van der Waals surface area contributed by atoms with Crippen LogP contribution in [0.1, 0.15) is 25.3 Å². The molecule has 0 radical (unpaired) electrons.